The summed E-state index contributed by atoms with van der Waals surface area (Å²) < 4.78 is 3.19. The minimum Gasteiger partial charge on any atom is -0.146 e. The standard InChI is InChI=1S/2C6H13.Mg/c2*1-4-5-6(2)3;/h2*6H,1,4-5H2,2-3H3;. The predicted molar refractivity (Wildman–Crippen MR) is 63.5 cm³/mol. The molecule has 0 aromatic rings. The Morgan fingerprint density at radius 3 is 1.46 bits per heavy atom. The fourth-order valence-corrected chi connectivity index (χ4v) is 3.27. The number of hydrogen-bond donors (Lipinski definition) is 0. The van der Waals surface area contributed by atoms with Crippen LogP contribution in [0.4, 0.5) is 0 Å². The highest BCUT2D eigenvalue weighted by Gasteiger charge is 1.99. The van der Waals surface area contributed by atoms with Crippen LogP contribution in [0.5, 0.6) is 0 Å². The van der Waals surface area contributed by atoms with Gasteiger partial charge in [-0.2, -0.15) is 0 Å². The molecule has 0 aliphatic rings. The normalized spacial score (nSPS) is 10.9. The predicted octanol–water partition coefficient (Wildman–Crippen LogP) is 4.40. The fourth-order valence-electron chi connectivity index (χ4n) is 1.64. The summed E-state index contributed by atoms with van der Waals surface area (Å²) in [5, 5.41) is 0. The van der Waals surface area contributed by atoms with E-state index in [9.17, 15) is 0 Å². The lowest BCUT2D eigenvalue weighted by atomic mass is 10.1. The summed E-state index contributed by atoms with van der Waals surface area (Å²) in [6.07, 6.45) is 5.92. The van der Waals surface area contributed by atoms with Gasteiger partial charge in [0.1, 0.15) is 0 Å². The minimum atomic E-state index is 0.325. The topological polar surface area (TPSA) is 0 Å². The molecule has 0 aromatic carbocycles. The highest BCUT2D eigenvalue weighted by molar-refractivity contribution is 6.35. The molecule has 0 heterocycles. The Balaban J connectivity index is 2.92. The van der Waals surface area contributed by atoms with Gasteiger partial charge in [-0.1, -0.05) is 53.4 Å². The zero-order chi connectivity index (χ0) is 10.1. The van der Waals surface area contributed by atoms with Crippen LogP contribution in [0.3, 0.4) is 0 Å². The molecule has 0 N–H and O–H groups in total. The molecule has 0 aliphatic heterocycles. The first-order chi connectivity index (χ1) is 6.13. The molecular weight excluding hydrogens is 168 g/mol. The molecule has 0 bridgehead atoms. The molecule has 0 radical (unpaired) electrons. The van der Waals surface area contributed by atoms with Gasteiger partial charge in [0.2, 0.25) is 0 Å². The van der Waals surface area contributed by atoms with Crippen molar-refractivity contribution in [3.05, 3.63) is 0 Å². The van der Waals surface area contributed by atoms with Crippen molar-refractivity contribution in [3.8, 4) is 0 Å². The number of rotatable bonds is 8. The lowest BCUT2D eigenvalue weighted by Crippen LogP contribution is -1.94. The second-order valence-electron chi connectivity index (χ2n) is 5.13. The summed E-state index contributed by atoms with van der Waals surface area (Å²) in [5.74, 6) is 1.84. The summed E-state index contributed by atoms with van der Waals surface area (Å²) in [7, 11) is 0. The van der Waals surface area contributed by atoms with Crippen molar-refractivity contribution >= 4 is 20.4 Å². The van der Waals surface area contributed by atoms with E-state index < -0.39 is 0 Å². The Kier molecular flexibility index (Phi) is 9.88. The first kappa shape index (κ1) is 13.8. The first-order valence-corrected chi connectivity index (χ1v) is 8.13. The smallest absolute Gasteiger partial charge is 0.146 e. The van der Waals surface area contributed by atoms with Crippen LogP contribution in [-0.4, -0.2) is 20.4 Å². The van der Waals surface area contributed by atoms with Crippen molar-refractivity contribution < 1.29 is 0 Å². The van der Waals surface area contributed by atoms with Crippen molar-refractivity contribution in [1.29, 1.82) is 0 Å². The van der Waals surface area contributed by atoms with Crippen molar-refractivity contribution in [1.82, 2.24) is 0 Å². The molecule has 0 atom stereocenters. The highest BCUT2D eigenvalue weighted by Crippen LogP contribution is 2.10. The second-order valence-corrected chi connectivity index (χ2v) is 7.25. The lowest BCUT2D eigenvalue weighted by molar-refractivity contribution is 0.568. The third kappa shape index (κ3) is 12.8. The highest BCUT2D eigenvalue weighted by atomic mass is 24.5. The third-order valence-corrected chi connectivity index (χ3v) is 4.56. The summed E-state index contributed by atoms with van der Waals surface area (Å²) in [4.78, 5) is 0. The minimum absolute atomic E-state index is 0.325. The maximum atomic E-state index is 2.33. The average molecular weight is 195 g/mol. The van der Waals surface area contributed by atoms with Crippen LogP contribution < -0.4 is 0 Å². The molecule has 0 nitrogen and oxygen atoms in total. The molecule has 0 fully saturated rings. The Labute approximate surface area is 94.6 Å². The molecule has 76 valence electrons. The zero-order valence-corrected chi connectivity index (χ0v) is 11.5. The molecule has 1 heteroatoms. The molecule has 0 saturated heterocycles. The summed E-state index contributed by atoms with van der Waals surface area (Å²) in [6.45, 7) is 9.33. The SMILES string of the molecule is CC(C)CC[CH2][Mg][CH2]CCC(C)C. The first-order valence-electron chi connectivity index (χ1n) is 6.13. The van der Waals surface area contributed by atoms with Crippen LogP contribution in [0.25, 0.3) is 0 Å². The largest absolute Gasteiger partial charge is 0.364 e. The van der Waals surface area contributed by atoms with Crippen LogP contribution in [0.15, 0.2) is 0 Å². The van der Waals surface area contributed by atoms with E-state index in [1.165, 1.54) is 25.7 Å². The average Bonchev–Trinajstić information content (AvgIpc) is 2.01. The van der Waals surface area contributed by atoms with Gasteiger partial charge >= 0.3 is 20.4 Å². The van der Waals surface area contributed by atoms with Crippen molar-refractivity contribution in [2.24, 2.45) is 11.8 Å². The maximum absolute atomic E-state index is 2.33. The van der Waals surface area contributed by atoms with Crippen LogP contribution in [-0.2, 0) is 0 Å². The van der Waals surface area contributed by atoms with Gasteiger partial charge < -0.3 is 0 Å². The van der Waals surface area contributed by atoms with E-state index in [2.05, 4.69) is 27.7 Å². The number of hydrogen-bond acceptors (Lipinski definition) is 0. The molecule has 0 aliphatic carbocycles. The van der Waals surface area contributed by atoms with Gasteiger partial charge in [-0.3, -0.25) is 0 Å². The monoisotopic (exact) mass is 194 g/mol. The van der Waals surface area contributed by atoms with E-state index in [4.69, 9.17) is 0 Å². The van der Waals surface area contributed by atoms with Gasteiger partial charge in [0.15, 0.2) is 0 Å². The summed E-state index contributed by atoms with van der Waals surface area (Å²) in [5.41, 5.74) is 0. The lowest BCUT2D eigenvalue weighted by Gasteiger charge is -2.04. The van der Waals surface area contributed by atoms with E-state index in [0.717, 1.165) is 11.8 Å². The van der Waals surface area contributed by atoms with Crippen LogP contribution in [0.1, 0.15) is 53.4 Å². The molecular formula is C12H26Mg. The quantitative estimate of drug-likeness (QED) is 0.397. The summed E-state index contributed by atoms with van der Waals surface area (Å²) in [6, 6.07) is 0. The van der Waals surface area contributed by atoms with Crippen LogP contribution in [0, 0.1) is 11.8 Å². The third-order valence-electron chi connectivity index (χ3n) is 2.56. The van der Waals surface area contributed by atoms with E-state index in [-0.39, 0.29) is 0 Å². The molecule has 0 rings (SSSR count). The van der Waals surface area contributed by atoms with Gasteiger partial charge in [0.05, 0.1) is 0 Å². The van der Waals surface area contributed by atoms with Gasteiger partial charge in [-0.15, -0.1) is 9.10 Å². The maximum Gasteiger partial charge on any atom is 0.364 e. The van der Waals surface area contributed by atoms with Crippen molar-refractivity contribution in [2.45, 2.75) is 62.5 Å². The fraction of sp³-hybridized carbons (Fsp3) is 1.00. The Bertz CT molecular complexity index is 85.3. The summed E-state index contributed by atoms with van der Waals surface area (Å²) >= 11 is 0.325. The Morgan fingerprint density at radius 2 is 1.15 bits per heavy atom. The second kappa shape index (κ2) is 9.33. The molecule has 0 aromatic heterocycles. The van der Waals surface area contributed by atoms with Crippen LogP contribution in [0.2, 0.25) is 9.10 Å². The zero-order valence-electron chi connectivity index (χ0n) is 10.1. The van der Waals surface area contributed by atoms with Gasteiger partial charge in [-0.25, -0.2) is 0 Å². The molecule has 0 spiro atoms. The molecule has 0 amide bonds. The van der Waals surface area contributed by atoms with Crippen molar-refractivity contribution in [2.75, 3.05) is 0 Å². The van der Waals surface area contributed by atoms with E-state index in [1.807, 2.05) is 0 Å². The van der Waals surface area contributed by atoms with Gasteiger partial charge in [0, 0.05) is 0 Å². The van der Waals surface area contributed by atoms with E-state index >= 15 is 0 Å². The Hall–Kier alpha value is 0.766. The van der Waals surface area contributed by atoms with Gasteiger partial charge in [-0.05, 0) is 11.8 Å². The van der Waals surface area contributed by atoms with Crippen LogP contribution >= 0.6 is 0 Å². The Morgan fingerprint density at radius 1 is 0.769 bits per heavy atom. The van der Waals surface area contributed by atoms with E-state index in [0.29, 0.717) is 20.4 Å². The van der Waals surface area contributed by atoms with Crippen molar-refractivity contribution in [3.63, 3.8) is 0 Å². The van der Waals surface area contributed by atoms with Gasteiger partial charge in [0.25, 0.3) is 0 Å². The molecule has 0 unspecified atom stereocenters. The molecule has 0 saturated carbocycles. The van der Waals surface area contributed by atoms with E-state index in [1.54, 1.807) is 9.10 Å². The molecule has 13 heavy (non-hydrogen) atoms.